The summed E-state index contributed by atoms with van der Waals surface area (Å²) in [6.45, 7) is 8.17. The van der Waals surface area contributed by atoms with Gasteiger partial charge in [-0.05, 0) is 52.7 Å². The molecule has 2 nitrogen and oxygen atoms in total. The van der Waals surface area contributed by atoms with E-state index in [1.165, 1.54) is 38.8 Å². The van der Waals surface area contributed by atoms with Gasteiger partial charge in [0, 0.05) is 12.6 Å². The van der Waals surface area contributed by atoms with Crippen LogP contribution < -0.4 is 0 Å². The van der Waals surface area contributed by atoms with Gasteiger partial charge in [-0.3, -0.25) is 4.90 Å². The molecule has 0 heterocycles. The van der Waals surface area contributed by atoms with Crippen LogP contribution in [0.3, 0.4) is 0 Å². The molecule has 0 N–H and O–H groups in total. The second-order valence-corrected chi connectivity index (χ2v) is 5.32. The maximum absolute atomic E-state index is 4.24. The van der Waals surface area contributed by atoms with Crippen molar-refractivity contribution in [2.75, 3.05) is 39.5 Å². The summed E-state index contributed by atoms with van der Waals surface area (Å²) in [6.07, 6.45) is 5.29. The van der Waals surface area contributed by atoms with Gasteiger partial charge < -0.3 is 4.90 Å². The third-order valence-corrected chi connectivity index (χ3v) is 3.33. The zero-order chi connectivity index (χ0) is 12.4. The van der Waals surface area contributed by atoms with Gasteiger partial charge in [-0.15, -0.1) is 0 Å². The number of hydrogen-bond acceptors (Lipinski definition) is 3. The molecular weight excluding hydrogens is 216 g/mol. The number of unbranched alkanes of at least 4 members (excludes halogenated alkanes) is 3. The highest BCUT2D eigenvalue weighted by molar-refractivity contribution is 7.80. The van der Waals surface area contributed by atoms with Gasteiger partial charge in [0.05, 0.1) is 0 Å². The highest BCUT2D eigenvalue weighted by atomic mass is 32.1. The first-order valence-electron chi connectivity index (χ1n) is 6.61. The Kier molecular flexibility index (Phi) is 10.6. The lowest BCUT2D eigenvalue weighted by Gasteiger charge is -2.29. The normalized spacial score (nSPS) is 13.7. The SMILES string of the molecule is CCN(CCCCCCS)C(C)CN(C)C. The Morgan fingerprint density at radius 1 is 1.06 bits per heavy atom. The van der Waals surface area contributed by atoms with Crippen LogP contribution in [0.25, 0.3) is 0 Å². The van der Waals surface area contributed by atoms with Crippen LogP contribution in [0, 0.1) is 0 Å². The first kappa shape index (κ1) is 16.3. The van der Waals surface area contributed by atoms with E-state index in [9.17, 15) is 0 Å². The number of likely N-dealkylation sites (N-methyl/N-ethyl adjacent to an activating group) is 2. The fraction of sp³-hybridized carbons (Fsp3) is 1.00. The highest BCUT2D eigenvalue weighted by Gasteiger charge is 2.11. The average molecular weight is 246 g/mol. The van der Waals surface area contributed by atoms with Gasteiger partial charge in [-0.25, -0.2) is 0 Å². The summed E-state index contributed by atoms with van der Waals surface area (Å²) in [4.78, 5) is 4.86. The molecule has 0 aliphatic heterocycles. The van der Waals surface area contributed by atoms with Crippen molar-refractivity contribution >= 4 is 12.6 Å². The second-order valence-electron chi connectivity index (χ2n) is 4.88. The second kappa shape index (κ2) is 10.4. The first-order chi connectivity index (χ1) is 7.61. The number of hydrogen-bond donors (Lipinski definition) is 1. The molecule has 0 radical (unpaired) electrons. The molecule has 0 aromatic rings. The van der Waals surface area contributed by atoms with Gasteiger partial charge in [0.1, 0.15) is 0 Å². The van der Waals surface area contributed by atoms with E-state index in [1.54, 1.807) is 0 Å². The van der Waals surface area contributed by atoms with Crippen LogP contribution in [0.15, 0.2) is 0 Å². The molecule has 0 aliphatic rings. The molecule has 1 unspecified atom stereocenters. The third-order valence-electron chi connectivity index (χ3n) is 3.01. The topological polar surface area (TPSA) is 6.48 Å². The smallest absolute Gasteiger partial charge is 0.0194 e. The average Bonchev–Trinajstić information content (AvgIpc) is 2.22. The fourth-order valence-corrected chi connectivity index (χ4v) is 2.34. The molecule has 0 aliphatic carbocycles. The Morgan fingerprint density at radius 2 is 1.69 bits per heavy atom. The molecule has 0 saturated heterocycles. The van der Waals surface area contributed by atoms with Crippen LogP contribution in [-0.4, -0.2) is 55.3 Å². The molecule has 0 amide bonds. The maximum Gasteiger partial charge on any atom is 0.0194 e. The van der Waals surface area contributed by atoms with Gasteiger partial charge in [0.2, 0.25) is 0 Å². The summed E-state index contributed by atoms with van der Waals surface area (Å²) in [7, 11) is 4.30. The van der Waals surface area contributed by atoms with E-state index < -0.39 is 0 Å². The van der Waals surface area contributed by atoms with Crippen molar-refractivity contribution < 1.29 is 0 Å². The molecular formula is C13H30N2S. The van der Waals surface area contributed by atoms with E-state index >= 15 is 0 Å². The molecule has 0 aromatic carbocycles. The van der Waals surface area contributed by atoms with Crippen molar-refractivity contribution in [1.29, 1.82) is 0 Å². The van der Waals surface area contributed by atoms with E-state index in [0.29, 0.717) is 6.04 Å². The van der Waals surface area contributed by atoms with Crippen molar-refractivity contribution in [1.82, 2.24) is 9.80 Å². The number of nitrogens with zero attached hydrogens (tertiary/aromatic N) is 2. The number of thiol groups is 1. The molecule has 1 atom stereocenters. The number of rotatable bonds is 10. The van der Waals surface area contributed by atoms with Crippen molar-refractivity contribution in [3.63, 3.8) is 0 Å². The lowest BCUT2D eigenvalue weighted by atomic mass is 10.2. The summed E-state index contributed by atoms with van der Waals surface area (Å²) in [5.41, 5.74) is 0. The minimum Gasteiger partial charge on any atom is -0.308 e. The van der Waals surface area contributed by atoms with Crippen LogP contribution in [0.2, 0.25) is 0 Å². The van der Waals surface area contributed by atoms with Crippen molar-refractivity contribution in [2.24, 2.45) is 0 Å². The van der Waals surface area contributed by atoms with E-state index in [2.05, 4.69) is 50.4 Å². The van der Waals surface area contributed by atoms with Crippen LogP contribution in [0.1, 0.15) is 39.5 Å². The van der Waals surface area contributed by atoms with Crippen molar-refractivity contribution in [3.8, 4) is 0 Å². The maximum atomic E-state index is 4.24. The molecule has 0 aromatic heterocycles. The third kappa shape index (κ3) is 8.43. The van der Waals surface area contributed by atoms with Crippen LogP contribution in [0.4, 0.5) is 0 Å². The summed E-state index contributed by atoms with van der Waals surface area (Å²) in [5.74, 6) is 1.04. The Balaban J connectivity index is 3.65. The molecule has 98 valence electrons. The monoisotopic (exact) mass is 246 g/mol. The first-order valence-corrected chi connectivity index (χ1v) is 7.24. The van der Waals surface area contributed by atoms with E-state index in [-0.39, 0.29) is 0 Å². The highest BCUT2D eigenvalue weighted by Crippen LogP contribution is 2.06. The lowest BCUT2D eigenvalue weighted by molar-refractivity contribution is 0.178. The Labute approximate surface area is 108 Å². The zero-order valence-electron chi connectivity index (χ0n) is 11.6. The molecule has 0 rings (SSSR count). The summed E-state index contributed by atoms with van der Waals surface area (Å²) in [5, 5.41) is 0. The van der Waals surface area contributed by atoms with Gasteiger partial charge >= 0.3 is 0 Å². The van der Waals surface area contributed by atoms with E-state index in [0.717, 1.165) is 12.3 Å². The molecule has 3 heteroatoms. The van der Waals surface area contributed by atoms with Crippen LogP contribution >= 0.6 is 12.6 Å². The Hall–Kier alpha value is 0.270. The molecule has 0 saturated carbocycles. The lowest BCUT2D eigenvalue weighted by Crippen LogP contribution is -2.40. The quantitative estimate of drug-likeness (QED) is 0.468. The van der Waals surface area contributed by atoms with Crippen molar-refractivity contribution in [3.05, 3.63) is 0 Å². The van der Waals surface area contributed by atoms with Gasteiger partial charge in [0.25, 0.3) is 0 Å². The predicted octanol–water partition coefficient (Wildman–Crippen LogP) is 2.75. The molecule has 0 bridgehead atoms. The van der Waals surface area contributed by atoms with Gasteiger partial charge in [0.15, 0.2) is 0 Å². The minimum atomic E-state index is 0.671. The Morgan fingerprint density at radius 3 is 2.19 bits per heavy atom. The van der Waals surface area contributed by atoms with Crippen molar-refractivity contribution in [2.45, 2.75) is 45.6 Å². The standard InChI is InChI=1S/C13H30N2S/c1-5-15(13(2)12-14(3)4)10-8-6-7-9-11-16/h13,16H,5-12H2,1-4H3. The predicted molar refractivity (Wildman–Crippen MR) is 77.6 cm³/mol. The van der Waals surface area contributed by atoms with E-state index in [4.69, 9.17) is 0 Å². The largest absolute Gasteiger partial charge is 0.308 e. The fourth-order valence-electron chi connectivity index (χ4n) is 2.11. The molecule has 0 fully saturated rings. The summed E-state index contributed by atoms with van der Waals surface area (Å²) in [6, 6.07) is 0.671. The van der Waals surface area contributed by atoms with E-state index in [1.807, 2.05) is 0 Å². The zero-order valence-corrected chi connectivity index (χ0v) is 12.5. The summed E-state index contributed by atoms with van der Waals surface area (Å²) < 4.78 is 0. The Bertz CT molecular complexity index is 151. The van der Waals surface area contributed by atoms with Crippen LogP contribution in [0.5, 0.6) is 0 Å². The molecule has 0 spiro atoms. The van der Waals surface area contributed by atoms with Crippen LogP contribution in [-0.2, 0) is 0 Å². The van der Waals surface area contributed by atoms with Gasteiger partial charge in [-0.2, -0.15) is 12.6 Å². The minimum absolute atomic E-state index is 0.671. The van der Waals surface area contributed by atoms with Gasteiger partial charge in [-0.1, -0.05) is 19.8 Å². The summed E-state index contributed by atoms with van der Waals surface area (Å²) >= 11 is 4.24. The molecule has 16 heavy (non-hydrogen) atoms.